The van der Waals surface area contributed by atoms with Gasteiger partial charge in [-0.25, -0.2) is 0 Å². The van der Waals surface area contributed by atoms with Crippen molar-refractivity contribution in [2.24, 2.45) is 0 Å². The smallest absolute Gasteiger partial charge is 0.246 e. The van der Waals surface area contributed by atoms with E-state index in [-0.39, 0.29) is 5.78 Å². The van der Waals surface area contributed by atoms with Crippen molar-refractivity contribution in [3.63, 3.8) is 0 Å². The molecule has 2 heterocycles. The average Bonchev–Trinajstić information content (AvgIpc) is 2.70. The van der Waals surface area contributed by atoms with Crippen molar-refractivity contribution in [3.05, 3.63) is 53.7 Å². The zero-order valence-electron chi connectivity index (χ0n) is 7.73. The highest BCUT2D eigenvalue weighted by Gasteiger charge is 2.14. The Hall–Kier alpha value is -1.90. The predicted molar refractivity (Wildman–Crippen MR) is 51.1 cm³/mol. The standard InChI is InChI=1S/C11H9NO2/c1-8-4-2-6-12-10(8)11(13)9-5-3-7-14-9/h2-7H,1H3. The number of nitrogens with zero attached hydrogens (tertiary/aromatic N) is 1. The molecule has 70 valence electrons. The van der Waals surface area contributed by atoms with Crippen molar-refractivity contribution < 1.29 is 9.21 Å². The lowest BCUT2D eigenvalue weighted by atomic mass is 10.1. The first-order chi connectivity index (χ1) is 6.79. The molecule has 0 aliphatic rings. The van der Waals surface area contributed by atoms with Crippen LogP contribution in [0.2, 0.25) is 0 Å². The molecule has 3 heteroatoms. The zero-order chi connectivity index (χ0) is 9.97. The van der Waals surface area contributed by atoms with Gasteiger partial charge < -0.3 is 4.42 Å². The molecule has 0 fully saturated rings. The van der Waals surface area contributed by atoms with Crippen LogP contribution in [-0.2, 0) is 0 Å². The molecule has 0 atom stereocenters. The summed E-state index contributed by atoms with van der Waals surface area (Å²) >= 11 is 0. The number of hydrogen-bond donors (Lipinski definition) is 0. The molecule has 0 aromatic carbocycles. The van der Waals surface area contributed by atoms with Crippen molar-refractivity contribution in [2.75, 3.05) is 0 Å². The molecule has 0 N–H and O–H groups in total. The fourth-order valence-electron chi connectivity index (χ4n) is 1.25. The molecule has 0 unspecified atom stereocenters. The van der Waals surface area contributed by atoms with Crippen LogP contribution < -0.4 is 0 Å². The lowest BCUT2D eigenvalue weighted by Gasteiger charge is -1.99. The van der Waals surface area contributed by atoms with Crippen LogP contribution in [0.5, 0.6) is 0 Å². The molecule has 0 amide bonds. The molecule has 0 bridgehead atoms. The molecule has 0 saturated carbocycles. The van der Waals surface area contributed by atoms with E-state index in [4.69, 9.17) is 4.42 Å². The van der Waals surface area contributed by atoms with Crippen LogP contribution in [0.4, 0.5) is 0 Å². The number of hydrogen-bond acceptors (Lipinski definition) is 3. The summed E-state index contributed by atoms with van der Waals surface area (Å²) in [5.74, 6) is 0.153. The van der Waals surface area contributed by atoms with Crippen molar-refractivity contribution in [2.45, 2.75) is 6.92 Å². The van der Waals surface area contributed by atoms with Gasteiger partial charge in [0.2, 0.25) is 5.78 Å². The van der Waals surface area contributed by atoms with Crippen molar-refractivity contribution in [1.29, 1.82) is 0 Å². The topological polar surface area (TPSA) is 43.1 Å². The highest BCUT2D eigenvalue weighted by Crippen LogP contribution is 2.11. The SMILES string of the molecule is Cc1cccnc1C(=O)c1ccco1. The third-order valence-corrected chi connectivity index (χ3v) is 1.97. The van der Waals surface area contributed by atoms with Crippen LogP contribution in [0.25, 0.3) is 0 Å². The maximum atomic E-state index is 11.8. The van der Waals surface area contributed by atoms with E-state index in [9.17, 15) is 4.79 Å². The Bertz CT molecular complexity index is 446. The summed E-state index contributed by atoms with van der Waals surface area (Å²) in [6, 6.07) is 6.97. The Morgan fingerprint density at radius 1 is 1.36 bits per heavy atom. The van der Waals surface area contributed by atoms with Gasteiger partial charge in [0.25, 0.3) is 0 Å². The highest BCUT2D eigenvalue weighted by molar-refractivity contribution is 6.06. The highest BCUT2D eigenvalue weighted by atomic mass is 16.3. The van der Waals surface area contributed by atoms with Crippen molar-refractivity contribution in [1.82, 2.24) is 4.98 Å². The third-order valence-electron chi connectivity index (χ3n) is 1.97. The third kappa shape index (κ3) is 1.44. The number of furan rings is 1. The molecule has 2 aromatic rings. The fourth-order valence-corrected chi connectivity index (χ4v) is 1.25. The van der Waals surface area contributed by atoms with E-state index >= 15 is 0 Å². The van der Waals surface area contributed by atoms with Gasteiger partial charge in [-0.15, -0.1) is 0 Å². The van der Waals surface area contributed by atoms with Gasteiger partial charge in [0.15, 0.2) is 5.76 Å². The van der Waals surface area contributed by atoms with Crippen LogP contribution in [0.15, 0.2) is 41.1 Å². The molecule has 0 radical (unpaired) electrons. The van der Waals surface area contributed by atoms with Crippen molar-refractivity contribution in [3.8, 4) is 0 Å². The lowest BCUT2D eigenvalue weighted by molar-refractivity contribution is 0.100. The van der Waals surface area contributed by atoms with Crippen molar-refractivity contribution >= 4 is 5.78 Å². The van der Waals surface area contributed by atoms with Crippen LogP contribution in [0.3, 0.4) is 0 Å². The number of pyridine rings is 1. The minimum absolute atomic E-state index is 0.173. The summed E-state index contributed by atoms with van der Waals surface area (Å²) in [5, 5.41) is 0. The van der Waals surface area contributed by atoms with Crippen LogP contribution in [0.1, 0.15) is 21.8 Å². The molecule has 0 saturated heterocycles. The second kappa shape index (κ2) is 3.46. The molecule has 14 heavy (non-hydrogen) atoms. The molecule has 0 spiro atoms. The molecule has 0 aliphatic heterocycles. The normalized spacial score (nSPS) is 10.1. The number of aryl methyl sites for hydroxylation is 1. The van der Waals surface area contributed by atoms with Gasteiger partial charge >= 0.3 is 0 Å². The van der Waals surface area contributed by atoms with Crippen LogP contribution in [-0.4, -0.2) is 10.8 Å². The fraction of sp³-hybridized carbons (Fsp3) is 0.0909. The monoisotopic (exact) mass is 187 g/mol. The van der Waals surface area contributed by atoms with Gasteiger partial charge in [-0.05, 0) is 30.7 Å². The van der Waals surface area contributed by atoms with Gasteiger partial charge in [0.1, 0.15) is 5.69 Å². The lowest BCUT2D eigenvalue weighted by Crippen LogP contribution is -2.04. The molecular weight excluding hydrogens is 178 g/mol. The van der Waals surface area contributed by atoms with Gasteiger partial charge in [0.05, 0.1) is 6.26 Å². The van der Waals surface area contributed by atoms with Gasteiger partial charge in [0, 0.05) is 6.20 Å². The van der Waals surface area contributed by atoms with E-state index in [1.807, 2.05) is 13.0 Å². The van der Waals surface area contributed by atoms with Gasteiger partial charge in [-0.1, -0.05) is 6.07 Å². The number of aromatic nitrogens is 1. The van der Waals surface area contributed by atoms with Gasteiger partial charge in [-0.2, -0.15) is 0 Å². The summed E-state index contributed by atoms with van der Waals surface area (Å²) in [4.78, 5) is 15.8. The molecule has 0 aliphatic carbocycles. The number of rotatable bonds is 2. The number of carbonyl (C=O) groups excluding carboxylic acids is 1. The molecule has 3 nitrogen and oxygen atoms in total. The second-order valence-corrected chi connectivity index (χ2v) is 2.98. The summed E-state index contributed by atoms with van der Waals surface area (Å²) in [6.45, 7) is 1.85. The van der Waals surface area contributed by atoms with Crippen LogP contribution in [0, 0.1) is 6.92 Å². The number of ketones is 1. The van der Waals surface area contributed by atoms with Gasteiger partial charge in [-0.3, -0.25) is 9.78 Å². The summed E-state index contributed by atoms with van der Waals surface area (Å²) in [7, 11) is 0. The second-order valence-electron chi connectivity index (χ2n) is 2.98. The van der Waals surface area contributed by atoms with Crippen LogP contribution >= 0.6 is 0 Å². The zero-order valence-corrected chi connectivity index (χ0v) is 7.73. The Morgan fingerprint density at radius 3 is 2.86 bits per heavy atom. The minimum Gasteiger partial charge on any atom is -0.461 e. The van der Waals surface area contributed by atoms with E-state index in [0.29, 0.717) is 11.5 Å². The quantitative estimate of drug-likeness (QED) is 0.677. The maximum Gasteiger partial charge on any atom is 0.246 e. The summed E-state index contributed by atoms with van der Waals surface area (Å²) in [5.41, 5.74) is 1.30. The molecule has 2 rings (SSSR count). The predicted octanol–water partition coefficient (Wildman–Crippen LogP) is 2.21. The largest absolute Gasteiger partial charge is 0.461 e. The first-order valence-electron chi connectivity index (χ1n) is 4.29. The minimum atomic E-state index is -0.173. The maximum absolute atomic E-state index is 11.8. The molecule has 2 aromatic heterocycles. The Labute approximate surface area is 81.4 Å². The average molecular weight is 187 g/mol. The first kappa shape index (κ1) is 8.69. The Morgan fingerprint density at radius 2 is 2.21 bits per heavy atom. The molecular formula is C11H9NO2. The number of carbonyl (C=O) groups is 1. The van der Waals surface area contributed by atoms with E-state index in [1.165, 1.54) is 6.26 Å². The Kier molecular flexibility index (Phi) is 2.14. The van der Waals surface area contributed by atoms with E-state index < -0.39 is 0 Å². The summed E-state index contributed by atoms with van der Waals surface area (Å²) in [6.07, 6.45) is 3.08. The van der Waals surface area contributed by atoms with E-state index in [1.54, 1.807) is 24.4 Å². The Balaban J connectivity index is 2.42. The van der Waals surface area contributed by atoms with E-state index in [0.717, 1.165) is 5.56 Å². The summed E-state index contributed by atoms with van der Waals surface area (Å²) < 4.78 is 5.02. The first-order valence-corrected chi connectivity index (χ1v) is 4.29. The van der Waals surface area contributed by atoms with E-state index in [2.05, 4.69) is 4.98 Å².